The second-order valence-corrected chi connectivity index (χ2v) is 3.10. The molecule has 0 saturated heterocycles. The molecule has 1 aromatic rings. The number of hydrogen-bond acceptors (Lipinski definition) is 1. The SMILES string of the molecule is CC.Cc1ccc(CO)cc1Br. The zero-order valence-electron chi connectivity index (χ0n) is 7.76. The van der Waals surface area contributed by atoms with Gasteiger partial charge in [-0.2, -0.15) is 0 Å². The van der Waals surface area contributed by atoms with Crippen LogP contribution in [0.25, 0.3) is 0 Å². The van der Waals surface area contributed by atoms with Crippen molar-refractivity contribution in [2.45, 2.75) is 27.4 Å². The smallest absolute Gasteiger partial charge is 0.0682 e. The standard InChI is InChI=1S/C8H9BrO.C2H6/c1-6-2-3-7(5-10)4-8(6)9;1-2/h2-4,10H,5H2,1H3;1-2H3. The van der Waals surface area contributed by atoms with Crippen molar-refractivity contribution in [2.24, 2.45) is 0 Å². The summed E-state index contributed by atoms with van der Waals surface area (Å²) in [4.78, 5) is 0. The van der Waals surface area contributed by atoms with E-state index in [1.165, 1.54) is 5.56 Å². The Kier molecular flexibility index (Phi) is 6.03. The Bertz CT molecular complexity index is 233. The van der Waals surface area contributed by atoms with Gasteiger partial charge in [-0.25, -0.2) is 0 Å². The van der Waals surface area contributed by atoms with Crippen molar-refractivity contribution in [3.63, 3.8) is 0 Å². The lowest BCUT2D eigenvalue weighted by molar-refractivity contribution is 0.282. The van der Waals surface area contributed by atoms with Gasteiger partial charge in [-0.15, -0.1) is 0 Å². The normalized spacial score (nSPS) is 8.75. The Morgan fingerprint density at radius 1 is 1.33 bits per heavy atom. The summed E-state index contributed by atoms with van der Waals surface area (Å²) >= 11 is 3.38. The van der Waals surface area contributed by atoms with E-state index in [0.717, 1.165) is 10.0 Å². The summed E-state index contributed by atoms with van der Waals surface area (Å²) in [6, 6.07) is 5.82. The average Bonchev–Trinajstić information content (AvgIpc) is 2.13. The summed E-state index contributed by atoms with van der Waals surface area (Å²) in [5.41, 5.74) is 2.13. The number of hydrogen-bond donors (Lipinski definition) is 1. The van der Waals surface area contributed by atoms with Crippen LogP contribution in [0.3, 0.4) is 0 Å². The molecule has 0 atom stereocenters. The monoisotopic (exact) mass is 230 g/mol. The molecule has 68 valence electrons. The first-order valence-corrected chi connectivity index (χ1v) is 4.89. The van der Waals surface area contributed by atoms with E-state index in [2.05, 4.69) is 15.9 Å². The Balaban J connectivity index is 0.000000561. The molecule has 0 bridgehead atoms. The summed E-state index contributed by atoms with van der Waals surface area (Å²) in [5.74, 6) is 0. The first-order valence-electron chi connectivity index (χ1n) is 4.10. The molecule has 0 radical (unpaired) electrons. The highest BCUT2D eigenvalue weighted by Crippen LogP contribution is 2.16. The molecule has 1 aromatic carbocycles. The molecule has 2 heteroatoms. The highest BCUT2D eigenvalue weighted by atomic mass is 79.9. The second kappa shape index (κ2) is 6.21. The fourth-order valence-electron chi connectivity index (χ4n) is 0.735. The van der Waals surface area contributed by atoms with Crippen molar-refractivity contribution in [1.82, 2.24) is 0 Å². The molecule has 1 rings (SSSR count). The van der Waals surface area contributed by atoms with E-state index in [4.69, 9.17) is 5.11 Å². The fraction of sp³-hybridized carbons (Fsp3) is 0.400. The lowest BCUT2D eigenvalue weighted by Crippen LogP contribution is -1.83. The van der Waals surface area contributed by atoms with Crippen molar-refractivity contribution < 1.29 is 5.11 Å². The van der Waals surface area contributed by atoms with Gasteiger partial charge in [0.25, 0.3) is 0 Å². The Morgan fingerprint density at radius 3 is 2.33 bits per heavy atom. The van der Waals surface area contributed by atoms with Gasteiger partial charge in [0.05, 0.1) is 6.61 Å². The first kappa shape index (κ1) is 11.7. The van der Waals surface area contributed by atoms with Crippen LogP contribution in [-0.4, -0.2) is 5.11 Å². The van der Waals surface area contributed by atoms with Crippen LogP contribution >= 0.6 is 15.9 Å². The highest BCUT2D eigenvalue weighted by molar-refractivity contribution is 9.10. The fourth-order valence-corrected chi connectivity index (χ4v) is 1.16. The van der Waals surface area contributed by atoms with Crippen LogP contribution in [0.5, 0.6) is 0 Å². The number of aliphatic hydroxyl groups excluding tert-OH is 1. The predicted octanol–water partition coefficient (Wildman–Crippen LogP) is 3.28. The van der Waals surface area contributed by atoms with Crippen LogP contribution in [-0.2, 0) is 6.61 Å². The molecule has 0 unspecified atom stereocenters. The summed E-state index contributed by atoms with van der Waals surface area (Å²) < 4.78 is 1.05. The van der Waals surface area contributed by atoms with Gasteiger partial charge in [0.2, 0.25) is 0 Å². The van der Waals surface area contributed by atoms with Crippen molar-refractivity contribution >= 4 is 15.9 Å². The molecular weight excluding hydrogens is 216 g/mol. The van der Waals surface area contributed by atoms with Gasteiger partial charge in [-0.3, -0.25) is 0 Å². The van der Waals surface area contributed by atoms with Gasteiger partial charge < -0.3 is 5.11 Å². The molecular formula is C10H15BrO. The topological polar surface area (TPSA) is 20.2 Å². The molecule has 0 aliphatic heterocycles. The summed E-state index contributed by atoms with van der Waals surface area (Å²) in [7, 11) is 0. The zero-order chi connectivity index (χ0) is 9.56. The van der Waals surface area contributed by atoms with E-state index in [-0.39, 0.29) is 6.61 Å². The molecule has 1 N–H and O–H groups in total. The van der Waals surface area contributed by atoms with Crippen LogP contribution in [0, 0.1) is 6.92 Å². The number of aryl methyl sites for hydroxylation is 1. The number of rotatable bonds is 1. The molecule has 0 heterocycles. The van der Waals surface area contributed by atoms with Crippen molar-refractivity contribution in [2.75, 3.05) is 0 Å². The van der Waals surface area contributed by atoms with E-state index in [9.17, 15) is 0 Å². The molecule has 0 spiro atoms. The van der Waals surface area contributed by atoms with Crippen LogP contribution < -0.4 is 0 Å². The maximum atomic E-state index is 8.73. The van der Waals surface area contributed by atoms with Crippen LogP contribution in [0.4, 0.5) is 0 Å². The highest BCUT2D eigenvalue weighted by Gasteiger charge is 1.94. The number of halogens is 1. The molecule has 12 heavy (non-hydrogen) atoms. The molecule has 0 aromatic heterocycles. The van der Waals surface area contributed by atoms with E-state index >= 15 is 0 Å². The maximum absolute atomic E-state index is 8.73. The average molecular weight is 231 g/mol. The van der Waals surface area contributed by atoms with Crippen LogP contribution in [0.1, 0.15) is 25.0 Å². The van der Waals surface area contributed by atoms with Gasteiger partial charge in [0.1, 0.15) is 0 Å². The maximum Gasteiger partial charge on any atom is 0.0682 e. The third kappa shape index (κ3) is 3.37. The van der Waals surface area contributed by atoms with E-state index < -0.39 is 0 Å². The van der Waals surface area contributed by atoms with Gasteiger partial charge in [-0.05, 0) is 24.1 Å². The number of aliphatic hydroxyl groups is 1. The van der Waals surface area contributed by atoms with E-state index in [1.54, 1.807) is 0 Å². The zero-order valence-corrected chi connectivity index (χ0v) is 9.35. The Morgan fingerprint density at radius 2 is 1.92 bits per heavy atom. The van der Waals surface area contributed by atoms with Gasteiger partial charge >= 0.3 is 0 Å². The lowest BCUT2D eigenvalue weighted by atomic mass is 10.2. The third-order valence-corrected chi connectivity index (χ3v) is 2.27. The predicted molar refractivity (Wildman–Crippen MR) is 56.1 cm³/mol. The minimum absolute atomic E-state index is 0.110. The third-order valence-electron chi connectivity index (χ3n) is 1.42. The first-order chi connectivity index (χ1) is 5.74. The molecule has 0 aliphatic rings. The molecule has 0 fully saturated rings. The largest absolute Gasteiger partial charge is 0.392 e. The summed E-state index contributed by atoms with van der Waals surface area (Å²) in [6.45, 7) is 6.13. The van der Waals surface area contributed by atoms with Gasteiger partial charge in [0.15, 0.2) is 0 Å². The quantitative estimate of drug-likeness (QED) is 0.786. The molecule has 0 aliphatic carbocycles. The number of benzene rings is 1. The summed E-state index contributed by atoms with van der Waals surface area (Å²) in [5, 5.41) is 8.73. The minimum atomic E-state index is 0.110. The lowest BCUT2D eigenvalue weighted by Gasteiger charge is -1.99. The van der Waals surface area contributed by atoms with E-state index in [1.807, 2.05) is 39.0 Å². The van der Waals surface area contributed by atoms with Crippen LogP contribution in [0.15, 0.2) is 22.7 Å². The second-order valence-electron chi connectivity index (χ2n) is 2.24. The molecule has 0 saturated carbocycles. The Hall–Kier alpha value is -0.340. The van der Waals surface area contributed by atoms with Crippen molar-refractivity contribution in [3.8, 4) is 0 Å². The van der Waals surface area contributed by atoms with E-state index in [0.29, 0.717) is 0 Å². The van der Waals surface area contributed by atoms with Crippen LogP contribution in [0.2, 0.25) is 0 Å². The van der Waals surface area contributed by atoms with Crippen molar-refractivity contribution in [3.05, 3.63) is 33.8 Å². The Labute approximate surface area is 82.6 Å². The summed E-state index contributed by atoms with van der Waals surface area (Å²) in [6.07, 6.45) is 0. The van der Waals surface area contributed by atoms with Crippen molar-refractivity contribution in [1.29, 1.82) is 0 Å². The van der Waals surface area contributed by atoms with Gasteiger partial charge in [-0.1, -0.05) is 41.9 Å². The van der Waals surface area contributed by atoms with Gasteiger partial charge in [0, 0.05) is 4.47 Å². The minimum Gasteiger partial charge on any atom is -0.392 e. The molecule has 1 nitrogen and oxygen atoms in total. The molecule has 0 amide bonds.